The zero-order chi connectivity index (χ0) is 22.5. The van der Waals surface area contributed by atoms with Crippen molar-refractivity contribution in [3.05, 3.63) is 41.0 Å². The Hall–Kier alpha value is -1.53. The van der Waals surface area contributed by atoms with Crippen LogP contribution in [0.2, 0.25) is 0 Å². The molecule has 2 aromatic rings. The predicted octanol–water partition coefficient (Wildman–Crippen LogP) is 3.45. The highest BCUT2D eigenvalue weighted by Gasteiger charge is 2.08. The van der Waals surface area contributed by atoms with E-state index in [1.54, 1.807) is 0 Å². The molecule has 0 bridgehead atoms. The van der Waals surface area contributed by atoms with Crippen molar-refractivity contribution >= 4 is 41.7 Å². The summed E-state index contributed by atoms with van der Waals surface area (Å²) in [7, 11) is 1.97. The van der Waals surface area contributed by atoms with Gasteiger partial charge in [-0.15, -0.1) is 34.2 Å². The fourth-order valence-corrected chi connectivity index (χ4v) is 3.24. The van der Waals surface area contributed by atoms with Crippen molar-refractivity contribution in [3.8, 4) is 5.75 Å². The van der Waals surface area contributed by atoms with Crippen molar-refractivity contribution in [1.82, 2.24) is 25.4 Å². The standard InChI is InChI=1S/C22H36N6O2S.HI/c1-6-29-11-12-30-20-14-17(2)8-9-19(20)15-24-22(23-10-7-13-31-5)25-16-21-27-26-18(3)28(21)4;/h8-9,14H,6-7,10-13,15-16H2,1-5H3,(H2,23,24,25);1H. The lowest BCUT2D eigenvalue weighted by Crippen LogP contribution is -2.38. The van der Waals surface area contributed by atoms with Crippen LogP contribution in [0.3, 0.4) is 0 Å². The minimum absolute atomic E-state index is 0. The third-order valence-electron chi connectivity index (χ3n) is 4.73. The average Bonchev–Trinajstić information content (AvgIpc) is 3.08. The third-order valence-corrected chi connectivity index (χ3v) is 5.43. The Morgan fingerprint density at radius 1 is 1.19 bits per heavy atom. The molecule has 10 heteroatoms. The highest BCUT2D eigenvalue weighted by molar-refractivity contribution is 14.0. The normalized spacial score (nSPS) is 11.2. The molecule has 0 radical (unpaired) electrons. The van der Waals surface area contributed by atoms with Crippen molar-refractivity contribution in [2.24, 2.45) is 12.0 Å². The number of nitrogens with zero attached hydrogens (tertiary/aromatic N) is 4. The summed E-state index contributed by atoms with van der Waals surface area (Å²) in [5.41, 5.74) is 2.20. The number of nitrogens with one attached hydrogen (secondary N) is 2. The zero-order valence-corrected chi connectivity index (χ0v) is 23.0. The lowest BCUT2D eigenvalue weighted by Gasteiger charge is -2.14. The molecule has 1 heterocycles. The second-order valence-corrected chi connectivity index (χ2v) is 8.16. The third kappa shape index (κ3) is 9.95. The number of ether oxygens (including phenoxy) is 2. The number of hydrogen-bond donors (Lipinski definition) is 2. The molecule has 0 unspecified atom stereocenters. The number of aromatic nitrogens is 3. The van der Waals surface area contributed by atoms with E-state index in [0.717, 1.165) is 53.2 Å². The molecule has 0 aliphatic carbocycles. The molecule has 0 fully saturated rings. The van der Waals surface area contributed by atoms with Gasteiger partial charge in [0.15, 0.2) is 11.8 Å². The molecule has 32 heavy (non-hydrogen) atoms. The van der Waals surface area contributed by atoms with Crippen molar-refractivity contribution in [1.29, 1.82) is 0 Å². The van der Waals surface area contributed by atoms with Crippen LogP contribution in [0.15, 0.2) is 23.2 Å². The summed E-state index contributed by atoms with van der Waals surface area (Å²) in [6.07, 6.45) is 3.19. The molecule has 0 saturated carbocycles. The molecule has 180 valence electrons. The first-order valence-corrected chi connectivity index (χ1v) is 12.1. The van der Waals surface area contributed by atoms with E-state index in [4.69, 9.17) is 14.5 Å². The molecule has 1 aromatic carbocycles. The van der Waals surface area contributed by atoms with E-state index in [1.165, 1.54) is 0 Å². The van der Waals surface area contributed by atoms with Crippen molar-refractivity contribution < 1.29 is 9.47 Å². The molecular weight excluding hydrogens is 539 g/mol. The summed E-state index contributed by atoms with van der Waals surface area (Å²) in [6.45, 7) is 9.70. The lowest BCUT2D eigenvalue weighted by molar-refractivity contribution is 0.110. The van der Waals surface area contributed by atoms with Gasteiger partial charge < -0.3 is 24.7 Å². The van der Waals surface area contributed by atoms with Crippen LogP contribution >= 0.6 is 35.7 Å². The van der Waals surface area contributed by atoms with Crippen LogP contribution in [-0.2, 0) is 24.9 Å². The van der Waals surface area contributed by atoms with Crippen molar-refractivity contribution in [3.63, 3.8) is 0 Å². The van der Waals surface area contributed by atoms with E-state index in [-0.39, 0.29) is 24.0 Å². The Bertz CT molecular complexity index is 831. The van der Waals surface area contributed by atoms with Gasteiger partial charge in [0.1, 0.15) is 18.2 Å². The molecule has 0 amide bonds. The summed E-state index contributed by atoms with van der Waals surface area (Å²) in [4.78, 5) is 4.80. The van der Waals surface area contributed by atoms with Gasteiger partial charge in [-0.3, -0.25) is 0 Å². The molecule has 0 atom stereocenters. The Kier molecular flexibility index (Phi) is 14.4. The second-order valence-electron chi connectivity index (χ2n) is 7.17. The lowest BCUT2D eigenvalue weighted by atomic mass is 10.1. The molecular formula is C22H37IN6O2S. The van der Waals surface area contributed by atoms with Crippen molar-refractivity contribution in [2.45, 2.75) is 40.3 Å². The van der Waals surface area contributed by atoms with Crippen LogP contribution in [0, 0.1) is 13.8 Å². The van der Waals surface area contributed by atoms with Crippen LogP contribution in [-0.4, -0.2) is 59.1 Å². The zero-order valence-electron chi connectivity index (χ0n) is 19.8. The Morgan fingerprint density at radius 2 is 2.00 bits per heavy atom. The number of aliphatic imine (C=N–C) groups is 1. The largest absolute Gasteiger partial charge is 0.491 e. The fourth-order valence-electron chi connectivity index (χ4n) is 2.81. The first-order chi connectivity index (χ1) is 15.0. The Morgan fingerprint density at radius 3 is 2.69 bits per heavy atom. The van der Waals surface area contributed by atoms with Crippen LogP contribution in [0.1, 0.15) is 36.1 Å². The van der Waals surface area contributed by atoms with E-state index in [9.17, 15) is 0 Å². The maximum absolute atomic E-state index is 5.95. The number of benzene rings is 1. The number of halogens is 1. The molecule has 0 saturated heterocycles. The molecule has 2 rings (SSSR count). The summed E-state index contributed by atoms with van der Waals surface area (Å²) in [5, 5.41) is 15.1. The number of thioether (sulfide) groups is 1. The van der Waals surface area contributed by atoms with E-state index in [2.05, 4.69) is 52.2 Å². The molecule has 0 aliphatic heterocycles. The van der Waals surface area contributed by atoms with Crippen LogP contribution in [0.5, 0.6) is 5.75 Å². The topological polar surface area (TPSA) is 85.6 Å². The van der Waals surface area contributed by atoms with Gasteiger partial charge in [-0.05, 0) is 50.8 Å². The molecule has 8 nitrogen and oxygen atoms in total. The predicted molar refractivity (Wildman–Crippen MR) is 143 cm³/mol. The maximum atomic E-state index is 5.95. The number of aryl methyl sites for hydroxylation is 2. The van der Waals surface area contributed by atoms with Gasteiger partial charge in [0, 0.05) is 25.8 Å². The molecule has 0 aliphatic rings. The number of hydrogen-bond acceptors (Lipinski definition) is 6. The van der Waals surface area contributed by atoms with E-state index < -0.39 is 0 Å². The SMILES string of the molecule is CCOCCOc1cc(C)ccc1CN=C(NCCCSC)NCc1nnc(C)n1C.I. The minimum Gasteiger partial charge on any atom is -0.491 e. The first-order valence-electron chi connectivity index (χ1n) is 10.7. The van der Waals surface area contributed by atoms with Crippen molar-refractivity contribution in [2.75, 3.05) is 38.4 Å². The highest BCUT2D eigenvalue weighted by atomic mass is 127. The van der Waals surface area contributed by atoms with Crippen LogP contribution in [0.4, 0.5) is 0 Å². The summed E-state index contributed by atoms with van der Waals surface area (Å²) < 4.78 is 13.3. The van der Waals surface area contributed by atoms with Gasteiger partial charge in [0.05, 0.1) is 19.7 Å². The van der Waals surface area contributed by atoms with Crippen LogP contribution in [0.25, 0.3) is 0 Å². The smallest absolute Gasteiger partial charge is 0.191 e. The Balaban J connectivity index is 0.00000512. The fraction of sp³-hybridized carbons (Fsp3) is 0.591. The molecule has 0 spiro atoms. The monoisotopic (exact) mass is 576 g/mol. The Labute approximate surface area is 213 Å². The molecule has 2 N–H and O–H groups in total. The van der Waals surface area contributed by atoms with Gasteiger partial charge >= 0.3 is 0 Å². The summed E-state index contributed by atoms with van der Waals surface area (Å²) >= 11 is 1.84. The van der Waals surface area contributed by atoms with Crippen LogP contribution < -0.4 is 15.4 Å². The average molecular weight is 577 g/mol. The first kappa shape index (κ1) is 28.5. The van der Waals surface area contributed by atoms with Gasteiger partial charge in [-0.25, -0.2) is 4.99 Å². The van der Waals surface area contributed by atoms with Gasteiger partial charge in [0.2, 0.25) is 0 Å². The highest BCUT2D eigenvalue weighted by Crippen LogP contribution is 2.21. The maximum Gasteiger partial charge on any atom is 0.191 e. The quantitative estimate of drug-likeness (QED) is 0.164. The van der Waals surface area contributed by atoms with E-state index in [0.29, 0.717) is 32.9 Å². The van der Waals surface area contributed by atoms with E-state index >= 15 is 0 Å². The molecule has 1 aromatic heterocycles. The van der Waals surface area contributed by atoms with E-state index in [1.807, 2.05) is 37.2 Å². The minimum atomic E-state index is 0. The van der Waals surface area contributed by atoms with Gasteiger partial charge in [-0.2, -0.15) is 11.8 Å². The summed E-state index contributed by atoms with van der Waals surface area (Å²) in [5.74, 6) is 4.47. The second kappa shape index (κ2) is 16.1. The van der Waals surface area contributed by atoms with Gasteiger partial charge in [0.25, 0.3) is 0 Å². The van der Waals surface area contributed by atoms with Gasteiger partial charge in [-0.1, -0.05) is 12.1 Å². The summed E-state index contributed by atoms with van der Waals surface area (Å²) in [6, 6.07) is 6.21. The number of rotatable bonds is 13. The number of guanidine groups is 1.